The molecule has 1 unspecified atom stereocenters. The van der Waals surface area contributed by atoms with Gasteiger partial charge < -0.3 is 15.5 Å². The molecule has 0 radical (unpaired) electrons. The number of aliphatic hydroxyl groups is 1. The average molecular weight is 331 g/mol. The topological polar surface area (TPSA) is 104 Å². The molecule has 0 saturated carbocycles. The summed E-state index contributed by atoms with van der Waals surface area (Å²) in [5.41, 5.74) is 1.92. The molecule has 128 valence electrons. The monoisotopic (exact) mass is 331 g/mol. The molecule has 7 nitrogen and oxygen atoms in total. The molecular formula is C17H21N3O4. The third-order valence-electron chi connectivity index (χ3n) is 3.90. The van der Waals surface area contributed by atoms with E-state index < -0.39 is 24.0 Å². The van der Waals surface area contributed by atoms with Crippen LogP contribution in [0.2, 0.25) is 0 Å². The van der Waals surface area contributed by atoms with Crippen LogP contribution in [0.4, 0.5) is 0 Å². The molecule has 1 aromatic carbocycles. The van der Waals surface area contributed by atoms with E-state index in [0.29, 0.717) is 11.3 Å². The van der Waals surface area contributed by atoms with Crippen LogP contribution >= 0.6 is 0 Å². The highest BCUT2D eigenvalue weighted by molar-refractivity contribution is 5.95. The van der Waals surface area contributed by atoms with Gasteiger partial charge in [0, 0.05) is 0 Å². The van der Waals surface area contributed by atoms with Crippen molar-refractivity contribution in [2.75, 3.05) is 6.54 Å². The van der Waals surface area contributed by atoms with Crippen LogP contribution in [0.5, 0.6) is 0 Å². The first-order valence-corrected chi connectivity index (χ1v) is 7.49. The Bertz CT molecular complexity index is 793. The first kappa shape index (κ1) is 17.7. The number of nitrogens with one attached hydrogen (secondary N) is 1. The number of aliphatic carboxylic acids is 1. The van der Waals surface area contributed by atoms with E-state index in [-0.39, 0.29) is 0 Å². The molecule has 0 aliphatic carbocycles. The number of amides is 1. The first-order valence-electron chi connectivity index (χ1n) is 7.49. The number of carbonyl (C=O) groups excluding carboxylic acids is 1. The summed E-state index contributed by atoms with van der Waals surface area (Å²) in [5, 5.41) is 25.2. The Hall–Kier alpha value is -2.67. The van der Waals surface area contributed by atoms with Gasteiger partial charge in [-0.2, -0.15) is 5.10 Å². The fourth-order valence-electron chi connectivity index (χ4n) is 2.25. The van der Waals surface area contributed by atoms with Crippen molar-refractivity contribution >= 4 is 11.9 Å². The molecule has 24 heavy (non-hydrogen) atoms. The highest BCUT2D eigenvalue weighted by atomic mass is 16.4. The zero-order valence-electron chi connectivity index (χ0n) is 14.1. The highest BCUT2D eigenvalue weighted by Crippen LogP contribution is 2.19. The van der Waals surface area contributed by atoms with Gasteiger partial charge in [0.15, 0.2) is 5.60 Å². The maximum Gasteiger partial charge on any atom is 0.337 e. The van der Waals surface area contributed by atoms with Gasteiger partial charge >= 0.3 is 5.97 Å². The summed E-state index contributed by atoms with van der Waals surface area (Å²) in [5.74, 6) is -1.88. The summed E-state index contributed by atoms with van der Waals surface area (Å²) in [6.07, 6.45) is 1.43. The number of aromatic nitrogens is 2. The lowest BCUT2D eigenvalue weighted by Gasteiger charge is -2.18. The fraction of sp³-hybridized carbons (Fsp3) is 0.353. The molecule has 1 heterocycles. The maximum atomic E-state index is 12.3. The van der Waals surface area contributed by atoms with Crippen LogP contribution in [-0.2, 0) is 4.79 Å². The number of nitrogens with zero attached hydrogens (tertiary/aromatic N) is 2. The van der Waals surface area contributed by atoms with Gasteiger partial charge in [0.2, 0.25) is 0 Å². The fourth-order valence-corrected chi connectivity index (χ4v) is 2.25. The highest BCUT2D eigenvalue weighted by Gasteiger charge is 2.30. The molecule has 0 aliphatic heterocycles. The Balaban J connectivity index is 2.25. The van der Waals surface area contributed by atoms with E-state index in [0.717, 1.165) is 23.7 Å². The molecular weight excluding hydrogens is 310 g/mol. The van der Waals surface area contributed by atoms with Gasteiger partial charge in [0.05, 0.1) is 29.7 Å². The van der Waals surface area contributed by atoms with Crippen molar-refractivity contribution in [1.82, 2.24) is 15.1 Å². The van der Waals surface area contributed by atoms with Crippen molar-refractivity contribution < 1.29 is 19.8 Å². The molecule has 0 saturated heterocycles. The van der Waals surface area contributed by atoms with E-state index >= 15 is 0 Å². The van der Waals surface area contributed by atoms with Gasteiger partial charge in [-0.25, -0.2) is 9.48 Å². The molecule has 0 aliphatic rings. The largest absolute Gasteiger partial charge is 0.479 e. The summed E-state index contributed by atoms with van der Waals surface area (Å²) in [6.45, 7) is 6.43. The summed E-state index contributed by atoms with van der Waals surface area (Å²) in [6, 6.07) is 5.96. The molecule has 0 spiro atoms. The van der Waals surface area contributed by atoms with Crippen molar-refractivity contribution in [1.29, 1.82) is 0 Å². The Morgan fingerprint density at radius 3 is 2.58 bits per heavy atom. The Morgan fingerprint density at radius 1 is 1.29 bits per heavy atom. The second kappa shape index (κ2) is 6.45. The summed E-state index contributed by atoms with van der Waals surface area (Å²) < 4.78 is 1.67. The van der Waals surface area contributed by atoms with E-state index in [1.54, 1.807) is 11.6 Å². The Labute approximate surface area is 139 Å². The number of carboxylic acids is 1. The van der Waals surface area contributed by atoms with Gasteiger partial charge in [-0.05, 0) is 44.9 Å². The second-order valence-corrected chi connectivity index (χ2v) is 6.11. The van der Waals surface area contributed by atoms with E-state index in [1.165, 1.54) is 6.20 Å². The van der Waals surface area contributed by atoms with Gasteiger partial charge in [-0.3, -0.25) is 4.79 Å². The summed E-state index contributed by atoms with van der Waals surface area (Å²) >= 11 is 0. The van der Waals surface area contributed by atoms with Gasteiger partial charge in [0.1, 0.15) is 0 Å². The van der Waals surface area contributed by atoms with E-state index in [9.17, 15) is 14.7 Å². The lowest BCUT2D eigenvalue weighted by atomic mass is 10.1. The van der Waals surface area contributed by atoms with Gasteiger partial charge in [-0.1, -0.05) is 12.1 Å². The number of hydrogen-bond donors (Lipinski definition) is 3. The van der Waals surface area contributed by atoms with Crippen molar-refractivity contribution in [3.05, 3.63) is 46.8 Å². The van der Waals surface area contributed by atoms with Gasteiger partial charge in [0.25, 0.3) is 5.91 Å². The minimum Gasteiger partial charge on any atom is -0.479 e. The SMILES string of the molecule is Cc1ccc(C)c(-n2ncc(C(=O)NCC(C)(O)C(=O)O)c2C)c1. The predicted octanol–water partition coefficient (Wildman–Crippen LogP) is 1.36. The number of rotatable bonds is 5. The van der Waals surface area contributed by atoms with Crippen LogP contribution in [0.3, 0.4) is 0 Å². The minimum atomic E-state index is -2.02. The van der Waals surface area contributed by atoms with Crippen LogP contribution in [0.1, 0.15) is 34.1 Å². The number of benzene rings is 1. The van der Waals surface area contributed by atoms with Crippen LogP contribution in [0.15, 0.2) is 24.4 Å². The van der Waals surface area contributed by atoms with E-state index in [4.69, 9.17) is 5.11 Å². The summed E-state index contributed by atoms with van der Waals surface area (Å²) in [7, 11) is 0. The second-order valence-electron chi connectivity index (χ2n) is 6.11. The zero-order valence-corrected chi connectivity index (χ0v) is 14.1. The molecule has 1 aromatic heterocycles. The molecule has 2 aromatic rings. The predicted molar refractivity (Wildman–Crippen MR) is 88.4 cm³/mol. The molecule has 0 bridgehead atoms. The summed E-state index contributed by atoms with van der Waals surface area (Å²) in [4.78, 5) is 23.1. The number of hydrogen-bond acceptors (Lipinski definition) is 4. The maximum absolute atomic E-state index is 12.3. The van der Waals surface area contributed by atoms with Crippen LogP contribution in [-0.4, -0.2) is 44.0 Å². The average Bonchev–Trinajstić information content (AvgIpc) is 2.89. The normalized spacial score (nSPS) is 13.4. The van der Waals surface area contributed by atoms with E-state index in [2.05, 4.69) is 10.4 Å². The smallest absolute Gasteiger partial charge is 0.337 e. The molecule has 3 N–H and O–H groups in total. The zero-order chi connectivity index (χ0) is 18.1. The molecule has 1 amide bonds. The third kappa shape index (κ3) is 3.46. The van der Waals surface area contributed by atoms with Crippen LogP contribution in [0, 0.1) is 20.8 Å². The molecule has 7 heteroatoms. The van der Waals surface area contributed by atoms with Crippen molar-refractivity contribution in [2.24, 2.45) is 0 Å². The van der Waals surface area contributed by atoms with Crippen LogP contribution < -0.4 is 5.32 Å². The van der Waals surface area contributed by atoms with Gasteiger partial charge in [-0.15, -0.1) is 0 Å². The Morgan fingerprint density at radius 2 is 1.96 bits per heavy atom. The number of carbonyl (C=O) groups is 2. The lowest BCUT2D eigenvalue weighted by molar-refractivity contribution is -0.155. The number of carboxylic acid groups (broad SMARTS) is 1. The van der Waals surface area contributed by atoms with Crippen molar-refractivity contribution in [3.63, 3.8) is 0 Å². The molecule has 0 fully saturated rings. The number of aryl methyl sites for hydroxylation is 2. The van der Waals surface area contributed by atoms with Crippen molar-refractivity contribution in [3.8, 4) is 5.69 Å². The third-order valence-corrected chi connectivity index (χ3v) is 3.90. The quantitative estimate of drug-likeness (QED) is 0.767. The van der Waals surface area contributed by atoms with Crippen molar-refractivity contribution in [2.45, 2.75) is 33.3 Å². The van der Waals surface area contributed by atoms with E-state index in [1.807, 2.05) is 32.0 Å². The minimum absolute atomic E-state index is 0.331. The van der Waals surface area contributed by atoms with Crippen LogP contribution in [0.25, 0.3) is 5.69 Å². The lowest BCUT2D eigenvalue weighted by Crippen LogP contribution is -2.46. The first-order chi connectivity index (χ1) is 11.1. The standard InChI is InChI=1S/C17H21N3O4/c1-10-5-6-11(2)14(7-10)20-12(3)13(8-19-20)15(21)18-9-17(4,24)16(22)23/h5-8,24H,9H2,1-4H3,(H,18,21)(H,22,23). The molecule has 2 rings (SSSR count). The molecule has 1 atom stereocenters. The Kier molecular flexibility index (Phi) is 4.75.